The van der Waals surface area contributed by atoms with E-state index in [-0.39, 0.29) is 18.2 Å². The summed E-state index contributed by atoms with van der Waals surface area (Å²) in [4.78, 5) is 22.3. The van der Waals surface area contributed by atoms with Gasteiger partial charge in [0.1, 0.15) is 0 Å². The Kier molecular flexibility index (Phi) is 7.48. The van der Waals surface area contributed by atoms with Crippen LogP contribution in [0.3, 0.4) is 0 Å². The summed E-state index contributed by atoms with van der Waals surface area (Å²) in [7, 11) is -0.691. The fraction of sp³-hybridized carbons (Fsp3) is 0.500. The molecule has 1 saturated heterocycles. The number of hydrogen-bond acceptors (Lipinski definition) is 9. The number of fused-ring (bicyclic) bond motifs is 3. The van der Waals surface area contributed by atoms with E-state index in [2.05, 4.69) is 42.3 Å². The molecule has 1 spiro atoms. The Bertz CT molecular complexity index is 1030. The van der Waals surface area contributed by atoms with Crippen molar-refractivity contribution in [2.24, 2.45) is 5.92 Å². The average molecular weight is 503 g/mol. The predicted octanol–water partition coefficient (Wildman–Crippen LogP) is 4.03. The van der Waals surface area contributed by atoms with Gasteiger partial charge in [-0.05, 0) is 80.9 Å². The van der Waals surface area contributed by atoms with Crippen LogP contribution in [0, 0.1) is 5.92 Å². The molecule has 2 N–H and O–H groups in total. The quantitative estimate of drug-likeness (QED) is 0.328. The fourth-order valence-corrected chi connectivity index (χ4v) is 5.48. The number of rotatable bonds is 7. The number of aromatic nitrogens is 1. The number of nitrogens with zero attached hydrogens (tertiary/aromatic N) is 3. The van der Waals surface area contributed by atoms with Gasteiger partial charge in [0.25, 0.3) is 5.91 Å². The maximum absolute atomic E-state index is 13.2. The van der Waals surface area contributed by atoms with Crippen LogP contribution < -0.4 is 9.47 Å². The summed E-state index contributed by atoms with van der Waals surface area (Å²) in [5, 5.41) is 14.6. The standard InChI is InChI=1S/C24H27N3O3.H3O4P/c28-23-19-13-21-22(30-16-29-21)14-20(19)24(7-8-24)27(23)12-6-17-4-10-26(11-5-17)15-18-3-1-2-9-25-18;1-3-5-4-2/h1-3,9,13-14,17H,4-8,10-12,15-16H2;1-2,5H. The van der Waals surface area contributed by atoms with Crippen molar-refractivity contribution < 1.29 is 34.1 Å². The van der Waals surface area contributed by atoms with Crippen molar-refractivity contribution in [3.63, 3.8) is 0 Å². The predicted molar refractivity (Wildman–Crippen MR) is 127 cm³/mol. The van der Waals surface area contributed by atoms with Crippen LogP contribution in [0.2, 0.25) is 0 Å². The van der Waals surface area contributed by atoms with Crippen molar-refractivity contribution in [3.8, 4) is 11.5 Å². The van der Waals surface area contributed by atoms with Gasteiger partial charge in [-0.1, -0.05) is 6.07 Å². The highest BCUT2D eigenvalue weighted by atomic mass is 31.1. The lowest BCUT2D eigenvalue weighted by atomic mass is 9.93. The molecule has 0 bridgehead atoms. The van der Waals surface area contributed by atoms with Crippen LogP contribution in [-0.4, -0.2) is 57.6 Å². The Balaban J connectivity index is 0.000000464. The van der Waals surface area contributed by atoms with Crippen LogP contribution in [0.25, 0.3) is 0 Å². The molecule has 1 aromatic heterocycles. The third kappa shape index (κ3) is 5.14. The van der Waals surface area contributed by atoms with E-state index in [0.717, 1.165) is 68.0 Å². The van der Waals surface area contributed by atoms with Crippen LogP contribution >= 0.6 is 9.03 Å². The molecule has 0 unspecified atom stereocenters. The van der Waals surface area contributed by atoms with E-state index in [1.54, 1.807) is 0 Å². The Morgan fingerprint density at radius 3 is 2.49 bits per heavy atom. The Morgan fingerprint density at radius 1 is 1.11 bits per heavy atom. The number of hydrogen-bond donors (Lipinski definition) is 2. The smallest absolute Gasteiger partial charge is 0.255 e. The minimum Gasteiger partial charge on any atom is -0.454 e. The molecule has 1 saturated carbocycles. The molecule has 2 aromatic rings. The van der Waals surface area contributed by atoms with Gasteiger partial charge < -0.3 is 14.4 Å². The van der Waals surface area contributed by atoms with E-state index in [9.17, 15) is 4.79 Å². The van der Waals surface area contributed by atoms with Crippen molar-refractivity contribution in [1.29, 1.82) is 0 Å². The zero-order valence-electron chi connectivity index (χ0n) is 19.4. The normalized spacial score (nSPS) is 20.1. The van der Waals surface area contributed by atoms with Crippen LogP contribution in [-0.2, 0) is 21.4 Å². The maximum atomic E-state index is 13.2. The van der Waals surface area contributed by atoms with E-state index < -0.39 is 9.03 Å². The fourth-order valence-electron chi connectivity index (χ4n) is 5.44. The topological polar surface area (TPSA) is 114 Å². The molecule has 11 heteroatoms. The van der Waals surface area contributed by atoms with Gasteiger partial charge in [-0.25, -0.2) is 10.5 Å². The summed E-state index contributed by atoms with van der Waals surface area (Å²) < 4.78 is 17.6. The number of carbonyl (C=O) groups excluding carboxylic acids is 1. The highest BCUT2D eigenvalue weighted by molar-refractivity contribution is 7.25. The first-order chi connectivity index (χ1) is 17.1. The molecule has 10 nitrogen and oxygen atoms in total. The monoisotopic (exact) mass is 503 g/mol. The summed E-state index contributed by atoms with van der Waals surface area (Å²) in [6.07, 6.45) is 7.48. The summed E-state index contributed by atoms with van der Waals surface area (Å²) in [5.74, 6) is 2.36. The second-order valence-electron chi connectivity index (χ2n) is 9.33. The summed E-state index contributed by atoms with van der Waals surface area (Å²) in [6.45, 7) is 4.27. The highest BCUT2D eigenvalue weighted by Crippen LogP contribution is 2.58. The molecule has 4 heterocycles. The highest BCUT2D eigenvalue weighted by Gasteiger charge is 2.58. The molecule has 188 valence electrons. The zero-order chi connectivity index (χ0) is 24.3. The third-order valence-electron chi connectivity index (χ3n) is 7.38. The van der Waals surface area contributed by atoms with E-state index in [1.165, 1.54) is 12.8 Å². The second kappa shape index (κ2) is 10.7. The Hall–Kier alpha value is -2.33. The average Bonchev–Trinajstić information content (AvgIpc) is 3.49. The molecule has 1 amide bonds. The zero-order valence-corrected chi connectivity index (χ0v) is 20.4. The molecule has 3 aliphatic heterocycles. The van der Waals surface area contributed by atoms with Crippen LogP contribution in [0.1, 0.15) is 53.7 Å². The first kappa shape index (κ1) is 24.4. The molecular formula is C24H30N3O7P. The molecule has 0 radical (unpaired) electrons. The van der Waals surface area contributed by atoms with Gasteiger partial charge >= 0.3 is 0 Å². The molecule has 35 heavy (non-hydrogen) atoms. The van der Waals surface area contributed by atoms with Gasteiger partial charge in [0.2, 0.25) is 15.8 Å². The summed E-state index contributed by atoms with van der Waals surface area (Å²) in [6, 6.07) is 10.1. The first-order valence-corrected chi connectivity index (χ1v) is 12.7. The Labute approximate surface area is 205 Å². The molecule has 2 fully saturated rings. The number of benzene rings is 1. The van der Waals surface area contributed by atoms with Gasteiger partial charge in [0, 0.05) is 24.8 Å². The van der Waals surface area contributed by atoms with Crippen LogP contribution in [0.5, 0.6) is 11.5 Å². The van der Waals surface area contributed by atoms with Crippen LogP contribution in [0.4, 0.5) is 0 Å². The Morgan fingerprint density at radius 2 is 1.86 bits per heavy atom. The number of amides is 1. The van der Waals surface area contributed by atoms with Gasteiger partial charge in [0.15, 0.2) is 11.5 Å². The summed E-state index contributed by atoms with van der Waals surface area (Å²) in [5.41, 5.74) is 3.04. The molecule has 6 rings (SSSR count). The van der Waals surface area contributed by atoms with Gasteiger partial charge in [-0.15, -0.1) is 0 Å². The van der Waals surface area contributed by atoms with Gasteiger partial charge in [-0.2, -0.15) is 9.35 Å². The van der Waals surface area contributed by atoms with Crippen molar-refractivity contribution >= 4 is 14.9 Å². The number of ether oxygens (including phenoxy) is 2. The van der Waals surface area contributed by atoms with E-state index >= 15 is 0 Å². The van der Waals surface area contributed by atoms with E-state index in [0.29, 0.717) is 11.7 Å². The lowest BCUT2D eigenvalue weighted by Gasteiger charge is -2.33. The van der Waals surface area contributed by atoms with Crippen molar-refractivity contribution in [1.82, 2.24) is 14.8 Å². The van der Waals surface area contributed by atoms with E-state index in [4.69, 9.17) is 20.0 Å². The van der Waals surface area contributed by atoms with Crippen molar-refractivity contribution in [2.45, 2.75) is 44.2 Å². The lowest BCUT2D eigenvalue weighted by Crippen LogP contribution is -2.38. The van der Waals surface area contributed by atoms with Gasteiger partial charge in [0.05, 0.1) is 11.2 Å². The summed E-state index contributed by atoms with van der Waals surface area (Å²) >= 11 is 0. The van der Waals surface area contributed by atoms with Gasteiger partial charge in [-0.3, -0.25) is 14.7 Å². The van der Waals surface area contributed by atoms with E-state index in [1.807, 2.05) is 18.3 Å². The molecule has 4 aliphatic rings. The number of pyridine rings is 1. The largest absolute Gasteiger partial charge is 0.454 e. The number of piperidine rings is 1. The van der Waals surface area contributed by atoms with Crippen molar-refractivity contribution in [3.05, 3.63) is 53.3 Å². The number of carbonyl (C=O) groups is 1. The lowest BCUT2D eigenvalue weighted by molar-refractivity contribution is -0.186. The second-order valence-corrected chi connectivity index (χ2v) is 9.87. The molecule has 1 aliphatic carbocycles. The first-order valence-electron chi connectivity index (χ1n) is 11.9. The molecular weight excluding hydrogens is 473 g/mol. The SMILES string of the molecule is O=C1c2cc3c(cc2C2(CC2)N1CCC1CCN(Cc2ccccn2)CC1)OCO3.OOPOO. The maximum Gasteiger partial charge on any atom is 0.255 e. The van der Waals surface area contributed by atoms with Crippen molar-refractivity contribution in [2.75, 3.05) is 26.4 Å². The minimum absolute atomic E-state index is 0.0763. The molecule has 0 atom stereocenters. The minimum atomic E-state index is -0.691. The third-order valence-corrected chi connectivity index (χ3v) is 7.53. The molecule has 1 aromatic carbocycles. The van der Waals surface area contributed by atoms with Crippen LogP contribution in [0.15, 0.2) is 36.5 Å². The number of likely N-dealkylation sites (tertiary alicyclic amines) is 1.